The van der Waals surface area contributed by atoms with E-state index in [4.69, 9.17) is 0 Å². The molecule has 0 saturated heterocycles. The van der Waals surface area contributed by atoms with Crippen LogP contribution in [0.15, 0.2) is 29.3 Å². The first-order valence-corrected chi connectivity index (χ1v) is 4.78. The van der Waals surface area contributed by atoms with Crippen molar-refractivity contribution in [2.24, 2.45) is 4.99 Å². The molecule has 0 fully saturated rings. The van der Waals surface area contributed by atoms with E-state index in [1.54, 1.807) is 0 Å². The molecule has 0 saturated carbocycles. The van der Waals surface area contributed by atoms with Crippen LogP contribution in [0.2, 0.25) is 0 Å². The maximum Gasteiger partial charge on any atom is 0.0856 e. The average Bonchev–Trinajstić information content (AvgIpc) is 2.60. The molecule has 1 unspecified atom stereocenters. The zero-order chi connectivity index (χ0) is 8.67. The van der Waals surface area contributed by atoms with Gasteiger partial charge >= 0.3 is 0 Å². The van der Waals surface area contributed by atoms with Gasteiger partial charge in [-0.2, -0.15) is 0 Å². The molecule has 3 rings (SSSR count). The third kappa shape index (κ3) is 0.981. The third-order valence-corrected chi connectivity index (χ3v) is 2.94. The topological polar surface area (TPSA) is 15.6 Å². The highest BCUT2D eigenvalue weighted by Crippen LogP contribution is 2.37. The van der Waals surface area contributed by atoms with Gasteiger partial charge in [-0.25, -0.2) is 0 Å². The van der Waals surface area contributed by atoms with Crippen molar-refractivity contribution >= 4 is 6.34 Å². The Hall–Kier alpha value is -1.31. The fraction of sp³-hybridized carbons (Fsp3) is 0.364. The standard InChI is InChI=1S/C11H12N2/c1-2-4-10-9(3-1)7-11(10)13-6-5-12-8-13/h1-4,8,11H,5-7H2. The lowest BCUT2D eigenvalue weighted by Crippen LogP contribution is -2.33. The first-order valence-electron chi connectivity index (χ1n) is 4.78. The number of fused-ring (bicyclic) bond motifs is 1. The molecule has 1 atom stereocenters. The molecule has 2 nitrogen and oxygen atoms in total. The molecule has 1 aromatic rings. The molecule has 2 heteroatoms. The number of aliphatic imine (C=N–C) groups is 1. The van der Waals surface area contributed by atoms with Gasteiger partial charge in [-0.05, 0) is 17.5 Å². The Morgan fingerprint density at radius 3 is 3.00 bits per heavy atom. The van der Waals surface area contributed by atoms with E-state index in [1.807, 2.05) is 6.34 Å². The average molecular weight is 172 g/mol. The van der Waals surface area contributed by atoms with Gasteiger partial charge in [0.2, 0.25) is 0 Å². The van der Waals surface area contributed by atoms with E-state index < -0.39 is 0 Å². The van der Waals surface area contributed by atoms with Crippen LogP contribution >= 0.6 is 0 Å². The van der Waals surface area contributed by atoms with E-state index in [9.17, 15) is 0 Å². The maximum atomic E-state index is 4.24. The lowest BCUT2D eigenvalue weighted by Gasteiger charge is -2.36. The second-order valence-corrected chi connectivity index (χ2v) is 3.68. The van der Waals surface area contributed by atoms with Crippen LogP contribution in [0, 0.1) is 0 Å². The van der Waals surface area contributed by atoms with Gasteiger partial charge in [-0.15, -0.1) is 0 Å². The Morgan fingerprint density at radius 1 is 1.31 bits per heavy atom. The molecule has 0 spiro atoms. The predicted molar refractivity (Wildman–Crippen MR) is 53.0 cm³/mol. The number of hydrogen-bond donors (Lipinski definition) is 0. The molecular formula is C11H12N2. The Bertz CT molecular complexity index is 357. The summed E-state index contributed by atoms with van der Waals surface area (Å²) < 4.78 is 0. The van der Waals surface area contributed by atoms with Gasteiger partial charge in [0, 0.05) is 6.54 Å². The van der Waals surface area contributed by atoms with Gasteiger partial charge in [0.15, 0.2) is 0 Å². The van der Waals surface area contributed by atoms with Gasteiger partial charge in [0.25, 0.3) is 0 Å². The van der Waals surface area contributed by atoms with E-state index in [0.29, 0.717) is 6.04 Å². The van der Waals surface area contributed by atoms with Crippen molar-refractivity contribution in [3.05, 3.63) is 35.4 Å². The fourth-order valence-electron chi connectivity index (χ4n) is 2.16. The number of nitrogens with zero attached hydrogens (tertiary/aromatic N) is 2. The third-order valence-electron chi connectivity index (χ3n) is 2.94. The van der Waals surface area contributed by atoms with Crippen LogP contribution in [-0.2, 0) is 6.42 Å². The molecule has 13 heavy (non-hydrogen) atoms. The molecule has 0 amide bonds. The van der Waals surface area contributed by atoms with Crippen LogP contribution in [0.1, 0.15) is 17.2 Å². The molecule has 1 aliphatic carbocycles. The quantitative estimate of drug-likeness (QED) is 0.628. The zero-order valence-electron chi connectivity index (χ0n) is 7.48. The predicted octanol–water partition coefficient (Wildman–Crippen LogP) is 1.63. The summed E-state index contributed by atoms with van der Waals surface area (Å²) in [7, 11) is 0. The zero-order valence-corrected chi connectivity index (χ0v) is 7.48. The van der Waals surface area contributed by atoms with E-state index in [2.05, 4.69) is 34.2 Å². The first kappa shape index (κ1) is 7.13. The van der Waals surface area contributed by atoms with Crippen molar-refractivity contribution in [1.29, 1.82) is 0 Å². The summed E-state index contributed by atoms with van der Waals surface area (Å²) in [4.78, 5) is 6.59. The van der Waals surface area contributed by atoms with Gasteiger partial charge < -0.3 is 4.90 Å². The summed E-state index contributed by atoms with van der Waals surface area (Å²) in [6, 6.07) is 9.31. The molecule has 1 heterocycles. The summed E-state index contributed by atoms with van der Waals surface area (Å²) in [5, 5.41) is 0. The highest BCUT2D eigenvalue weighted by molar-refractivity contribution is 5.60. The molecule has 1 aliphatic heterocycles. The Kier molecular flexibility index (Phi) is 1.42. The number of benzene rings is 1. The summed E-state index contributed by atoms with van der Waals surface area (Å²) in [5.74, 6) is 0. The molecule has 0 radical (unpaired) electrons. The Balaban J connectivity index is 1.88. The van der Waals surface area contributed by atoms with Gasteiger partial charge in [-0.1, -0.05) is 24.3 Å². The number of rotatable bonds is 1. The van der Waals surface area contributed by atoms with Crippen LogP contribution in [0.4, 0.5) is 0 Å². The summed E-state index contributed by atoms with van der Waals surface area (Å²) in [6.45, 7) is 2.07. The minimum Gasteiger partial charge on any atom is -0.354 e. The van der Waals surface area contributed by atoms with Gasteiger partial charge in [-0.3, -0.25) is 4.99 Å². The van der Waals surface area contributed by atoms with Crippen molar-refractivity contribution in [3.8, 4) is 0 Å². The molecule has 0 bridgehead atoms. The van der Waals surface area contributed by atoms with Crippen molar-refractivity contribution in [1.82, 2.24) is 4.90 Å². The van der Waals surface area contributed by atoms with Crippen molar-refractivity contribution in [3.63, 3.8) is 0 Å². The molecule has 0 N–H and O–H groups in total. The van der Waals surface area contributed by atoms with Crippen molar-refractivity contribution in [2.75, 3.05) is 13.1 Å². The summed E-state index contributed by atoms with van der Waals surface area (Å²) in [6.07, 6.45) is 3.20. The van der Waals surface area contributed by atoms with Crippen LogP contribution in [0.3, 0.4) is 0 Å². The summed E-state index contributed by atoms with van der Waals surface area (Å²) in [5.41, 5.74) is 3.00. The van der Waals surface area contributed by atoms with Crippen LogP contribution in [0.5, 0.6) is 0 Å². The summed E-state index contributed by atoms with van der Waals surface area (Å²) >= 11 is 0. The highest BCUT2D eigenvalue weighted by atomic mass is 15.2. The van der Waals surface area contributed by atoms with Crippen molar-refractivity contribution in [2.45, 2.75) is 12.5 Å². The van der Waals surface area contributed by atoms with E-state index in [1.165, 1.54) is 17.5 Å². The van der Waals surface area contributed by atoms with E-state index >= 15 is 0 Å². The van der Waals surface area contributed by atoms with Gasteiger partial charge in [0.05, 0.1) is 18.9 Å². The lowest BCUT2D eigenvalue weighted by molar-refractivity contribution is 0.317. The van der Waals surface area contributed by atoms with Gasteiger partial charge in [0.1, 0.15) is 0 Å². The minimum atomic E-state index is 0.613. The highest BCUT2D eigenvalue weighted by Gasteiger charge is 2.30. The van der Waals surface area contributed by atoms with E-state index in [0.717, 1.165) is 13.1 Å². The monoisotopic (exact) mass is 172 g/mol. The molecule has 1 aromatic carbocycles. The minimum absolute atomic E-state index is 0.613. The maximum absolute atomic E-state index is 4.24. The van der Waals surface area contributed by atoms with E-state index in [-0.39, 0.29) is 0 Å². The van der Waals surface area contributed by atoms with Crippen molar-refractivity contribution < 1.29 is 0 Å². The fourth-order valence-corrected chi connectivity index (χ4v) is 2.16. The smallest absolute Gasteiger partial charge is 0.0856 e. The second-order valence-electron chi connectivity index (χ2n) is 3.68. The van der Waals surface area contributed by atoms with Crippen LogP contribution in [0.25, 0.3) is 0 Å². The second kappa shape index (κ2) is 2.59. The number of hydrogen-bond acceptors (Lipinski definition) is 2. The SMILES string of the molecule is C1=NCCN1C1Cc2ccccc21. The molecular weight excluding hydrogens is 160 g/mol. The lowest BCUT2D eigenvalue weighted by atomic mass is 9.82. The van der Waals surface area contributed by atoms with Crippen LogP contribution in [-0.4, -0.2) is 24.3 Å². The first-order chi connectivity index (χ1) is 6.45. The molecule has 66 valence electrons. The van der Waals surface area contributed by atoms with Crippen LogP contribution < -0.4 is 0 Å². The Labute approximate surface area is 77.9 Å². The largest absolute Gasteiger partial charge is 0.354 e. The Morgan fingerprint density at radius 2 is 2.23 bits per heavy atom. The molecule has 0 aromatic heterocycles. The normalized spacial score (nSPS) is 24.3. The molecule has 2 aliphatic rings.